The Morgan fingerprint density at radius 1 is 0.967 bits per heavy atom. The van der Waals surface area contributed by atoms with Crippen LogP contribution >= 0.6 is 0 Å². The Morgan fingerprint density at radius 2 is 1.60 bits per heavy atom. The first-order valence-electron chi connectivity index (χ1n) is 10.5. The van der Waals surface area contributed by atoms with E-state index in [1.807, 2.05) is 35.9 Å². The SMILES string of the molecule is Cc1nn(-c2ccc(N3CCC(N(C)C)CC3)cc2)c2[nH]c(=O)c3ccccc3c12. The normalized spacial score (nSPS) is 15.5. The van der Waals surface area contributed by atoms with Gasteiger partial charge in [0.15, 0.2) is 0 Å². The zero-order valence-electron chi connectivity index (χ0n) is 17.7. The van der Waals surface area contributed by atoms with Crippen LogP contribution in [0.15, 0.2) is 53.3 Å². The van der Waals surface area contributed by atoms with Crippen LogP contribution in [0.5, 0.6) is 0 Å². The van der Waals surface area contributed by atoms with Gasteiger partial charge in [-0.05, 0) is 64.2 Å². The van der Waals surface area contributed by atoms with Crippen LogP contribution < -0.4 is 10.5 Å². The van der Waals surface area contributed by atoms with Gasteiger partial charge < -0.3 is 14.8 Å². The van der Waals surface area contributed by atoms with Crippen molar-refractivity contribution in [2.45, 2.75) is 25.8 Å². The summed E-state index contributed by atoms with van der Waals surface area (Å²) in [6.07, 6.45) is 2.37. The lowest BCUT2D eigenvalue weighted by molar-refractivity contribution is 0.249. The lowest BCUT2D eigenvalue weighted by Crippen LogP contribution is -2.41. The molecule has 154 valence electrons. The van der Waals surface area contributed by atoms with E-state index in [9.17, 15) is 4.79 Å². The third kappa shape index (κ3) is 3.08. The molecular formula is C24H27N5O. The van der Waals surface area contributed by atoms with Gasteiger partial charge in [-0.25, -0.2) is 4.68 Å². The van der Waals surface area contributed by atoms with E-state index in [4.69, 9.17) is 5.10 Å². The first-order chi connectivity index (χ1) is 14.5. The van der Waals surface area contributed by atoms with Crippen molar-refractivity contribution < 1.29 is 0 Å². The van der Waals surface area contributed by atoms with Crippen LogP contribution in [0.2, 0.25) is 0 Å². The molecule has 0 aliphatic carbocycles. The van der Waals surface area contributed by atoms with Gasteiger partial charge in [-0.2, -0.15) is 5.10 Å². The molecule has 0 amide bonds. The summed E-state index contributed by atoms with van der Waals surface area (Å²) in [6.45, 7) is 4.14. The van der Waals surface area contributed by atoms with Crippen LogP contribution in [0.1, 0.15) is 18.5 Å². The lowest BCUT2D eigenvalue weighted by Gasteiger charge is -2.36. The summed E-state index contributed by atoms with van der Waals surface area (Å²) in [5, 5.41) is 7.39. The molecule has 1 aliphatic heterocycles. The maximum absolute atomic E-state index is 12.6. The van der Waals surface area contributed by atoms with Gasteiger partial charge in [-0.15, -0.1) is 0 Å². The summed E-state index contributed by atoms with van der Waals surface area (Å²) >= 11 is 0. The van der Waals surface area contributed by atoms with Gasteiger partial charge in [0, 0.05) is 41.0 Å². The van der Waals surface area contributed by atoms with Crippen LogP contribution in [-0.4, -0.2) is 52.9 Å². The highest BCUT2D eigenvalue weighted by Gasteiger charge is 2.21. The Morgan fingerprint density at radius 3 is 2.27 bits per heavy atom. The van der Waals surface area contributed by atoms with E-state index in [1.54, 1.807) is 0 Å². The standard InChI is InChI=1S/C24H27N5O/c1-16-22-20-6-4-5-7-21(20)24(30)25-23(22)29(26-16)19-10-8-18(9-11-19)28-14-12-17(13-15-28)27(2)3/h4-11,17H,12-15H2,1-3H3,(H,25,30). The molecule has 3 heterocycles. The number of fused-ring (bicyclic) bond motifs is 3. The van der Waals surface area contributed by atoms with Crippen molar-refractivity contribution in [3.05, 3.63) is 64.6 Å². The predicted octanol–water partition coefficient (Wildman–Crippen LogP) is 3.71. The summed E-state index contributed by atoms with van der Waals surface area (Å²) in [4.78, 5) is 20.4. The minimum absolute atomic E-state index is 0.0837. The van der Waals surface area contributed by atoms with Crippen LogP contribution in [0.4, 0.5) is 5.69 Å². The second-order valence-electron chi connectivity index (χ2n) is 8.42. The zero-order chi connectivity index (χ0) is 20.8. The third-order valence-electron chi connectivity index (χ3n) is 6.39. The molecule has 1 saturated heterocycles. The van der Waals surface area contributed by atoms with E-state index in [1.165, 1.54) is 18.5 Å². The Bertz CT molecular complexity index is 1260. The molecule has 0 saturated carbocycles. The average Bonchev–Trinajstić information content (AvgIpc) is 3.10. The maximum Gasteiger partial charge on any atom is 0.257 e. The molecule has 0 bridgehead atoms. The molecule has 2 aromatic carbocycles. The van der Waals surface area contributed by atoms with Gasteiger partial charge in [0.05, 0.1) is 11.4 Å². The number of nitrogens with zero attached hydrogens (tertiary/aromatic N) is 4. The quantitative estimate of drug-likeness (QED) is 0.569. The van der Waals surface area contributed by atoms with Crippen molar-refractivity contribution >= 4 is 27.5 Å². The molecule has 5 rings (SSSR count). The Balaban J connectivity index is 1.50. The van der Waals surface area contributed by atoms with E-state index >= 15 is 0 Å². The zero-order valence-corrected chi connectivity index (χ0v) is 17.7. The molecule has 6 nitrogen and oxygen atoms in total. The fourth-order valence-electron chi connectivity index (χ4n) is 4.67. The van der Waals surface area contributed by atoms with Crippen LogP contribution in [0, 0.1) is 6.92 Å². The van der Waals surface area contributed by atoms with Gasteiger partial charge in [-0.1, -0.05) is 18.2 Å². The fraction of sp³-hybridized carbons (Fsp3) is 0.333. The highest BCUT2D eigenvalue weighted by atomic mass is 16.1. The first-order valence-corrected chi connectivity index (χ1v) is 10.5. The Kier molecular flexibility index (Phi) is 4.59. The van der Waals surface area contributed by atoms with Crippen molar-refractivity contribution in [3.8, 4) is 5.69 Å². The number of aromatic amines is 1. The van der Waals surface area contributed by atoms with Gasteiger partial charge in [0.1, 0.15) is 5.65 Å². The third-order valence-corrected chi connectivity index (χ3v) is 6.39. The van der Waals surface area contributed by atoms with Gasteiger partial charge in [-0.3, -0.25) is 4.79 Å². The summed E-state index contributed by atoms with van der Waals surface area (Å²) in [7, 11) is 4.33. The minimum atomic E-state index is -0.0837. The van der Waals surface area contributed by atoms with Crippen molar-refractivity contribution in [1.29, 1.82) is 0 Å². The number of pyridine rings is 1. The van der Waals surface area contributed by atoms with Crippen LogP contribution in [0.25, 0.3) is 27.5 Å². The molecular weight excluding hydrogens is 374 g/mol. The largest absolute Gasteiger partial charge is 0.371 e. The van der Waals surface area contributed by atoms with Crippen LogP contribution in [0.3, 0.4) is 0 Å². The van der Waals surface area contributed by atoms with Crippen LogP contribution in [-0.2, 0) is 0 Å². The van der Waals surface area contributed by atoms with E-state index in [0.717, 1.165) is 40.9 Å². The van der Waals surface area contributed by atoms with Gasteiger partial charge in [0.2, 0.25) is 0 Å². The lowest BCUT2D eigenvalue weighted by atomic mass is 10.0. The summed E-state index contributed by atoms with van der Waals surface area (Å²) in [6, 6.07) is 16.9. The number of aryl methyl sites for hydroxylation is 1. The van der Waals surface area contributed by atoms with Crippen molar-refractivity contribution in [3.63, 3.8) is 0 Å². The summed E-state index contributed by atoms with van der Waals surface area (Å²) in [5.41, 5.74) is 3.76. The number of aromatic nitrogens is 3. The number of benzene rings is 2. The topological polar surface area (TPSA) is 57.2 Å². The second kappa shape index (κ2) is 7.29. The molecule has 2 aromatic heterocycles. The van der Waals surface area contributed by atoms with Crippen molar-refractivity contribution in [1.82, 2.24) is 19.7 Å². The molecule has 4 aromatic rings. The molecule has 6 heteroatoms. The highest BCUT2D eigenvalue weighted by Crippen LogP contribution is 2.28. The maximum atomic E-state index is 12.6. The Hall–Kier alpha value is -3.12. The van der Waals surface area contributed by atoms with E-state index < -0.39 is 0 Å². The predicted molar refractivity (Wildman–Crippen MR) is 123 cm³/mol. The highest BCUT2D eigenvalue weighted by molar-refractivity contribution is 6.05. The average molecular weight is 402 g/mol. The monoisotopic (exact) mass is 401 g/mol. The molecule has 1 fully saturated rings. The van der Waals surface area contributed by atoms with Crippen molar-refractivity contribution in [2.24, 2.45) is 0 Å². The molecule has 30 heavy (non-hydrogen) atoms. The smallest absolute Gasteiger partial charge is 0.257 e. The Labute approximate surface area is 175 Å². The number of hydrogen-bond donors (Lipinski definition) is 1. The molecule has 0 spiro atoms. The van der Waals surface area contributed by atoms with E-state index in [-0.39, 0.29) is 5.56 Å². The number of anilines is 1. The second-order valence-corrected chi connectivity index (χ2v) is 8.42. The van der Waals surface area contributed by atoms with Gasteiger partial charge in [0.25, 0.3) is 5.56 Å². The van der Waals surface area contributed by atoms with Crippen molar-refractivity contribution in [2.75, 3.05) is 32.1 Å². The molecule has 1 N–H and O–H groups in total. The fourth-order valence-corrected chi connectivity index (χ4v) is 4.67. The number of rotatable bonds is 3. The molecule has 0 radical (unpaired) electrons. The van der Waals surface area contributed by atoms with Gasteiger partial charge >= 0.3 is 0 Å². The first kappa shape index (κ1) is 18.9. The summed E-state index contributed by atoms with van der Waals surface area (Å²) in [5.74, 6) is 0. The molecule has 0 unspecified atom stereocenters. The number of piperidine rings is 1. The number of H-pyrrole nitrogens is 1. The molecule has 0 atom stereocenters. The molecule has 1 aliphatic rings. The minimum Gasteiger partial charge on any atom is -0.371 e. The van der Waals surface area contributed by atoms with E-state index in [2.05, 4.69) is 53.1 Å². The number of hydrogen-bond acceptors (Lipinski definition) is 4. The summed E-state index contributed by atoms with van der Waals surface area (Å²) < 4.78 is 1.85. The number of nitrogens with one attached hydrogen (secondary N) is 1. The van der Waals surface area contributed by atoms with E-state index in [0.29, 0.717) is 11.4 Å².